The number of ether oxygens (including phenoxy) is 1. The highest BCUT2D eigenvalue weighted by Gasteiger charge is 2.25. The lowest BCUT2D eigenvalue weighted by atomic mass is 10.0. The number of hydrogen-bond acceptors (Lipinski definition) is 4. The van der Waals surface area contributed by atoms with Gasteiger partial charge in [0.25, 0.3) is 5.91 Å². The number of carbonyl (C=O) groups excluding carboxylic acids is 3. The van der Waals surface area contributed by atoms with Crippen LogP contribution in [0.2, 0.25) is 0 Å². The van der Waals surface area contributed by atoms with Gasteiger partial charge in [0.2, 0.25) is 5.91 Å². The number of nitrogens with zero attached hydrogens (tertiary/aromatic N) is 1. The highest BCUT2D eigenvalue weighted by molar-refractivity contribution is 5.88. The topological polar surface area (TPSA) is 91.5 Å². The fraction of sp³-hybridized carbons (Fsp3) is 0.500. The summed E-state index contributed by atoms with van der Waals surface area (Å²) in [6, 6.07) is 6.92. The molecule has 2 amide bonds. The van der Waals surface area contributed by atoms with Crippen molar-refractivity contribution in [1.82, 2.24) is 15.2 Å². The minimum Gasteiger partial charge on any atom is -0.454 e. The van der Waals surface area contributed by atoms with Crippen LogP contribution in [0.3, 0.4) is 0 Å². The maximum atomic E-state index is 12.6. The predicted octanol–water partition coefficient (Wildman–Crippen LogP) is 2.55. The van der Waals surface area contributed by atoms with Gasteiger partial charge in [-0.25, -0.2) is 4.79 Å². The van der Waals surface area contributed by atoms with E-state index in [1.54, 1.807) is 4.90 Å². The minimum atomic E-state index is -0.841. The zero-order valence-electron chi connectivity index (χ0n) is 16.9. The van der Waals surface area contributed by atoms with Crippen LogP contribution in [0.1, 0.15) is 44.6 Å². The third-order valence-corrected chi connectivity index (χ3v) is 5.31. The molecule has 0 bridgehead atoms. The summed E-state index contributed by atoms with van der Waals surface area (Å²) in [5, 5.41) is 3.64. The lowest BCUT2D eigenvalue weighted by Gasteiger charge is -2.25. The van der Waals surface area contributed by atoms with E-state index in [1.165, 1.54) is 13.3 Å². The highest BCUT2D eigenvalue weighted by atomic mass is 16.5. The predicted molar refractivity (Wildman–Crippen MR) is 110 cm³/mol. The maximum absolute atomic E-state index is 12.6. The Morgan fingerprint density at radius 2 is 1.79 bits per heavy atom. The van der Waals surface area contributed by atoms with Crippen LogP contribution >= 0.6 is 0 Å². The molecule has 7 heteroatoms. The van der Waals surface area contributed by atoms with Gasteiger partial charge in [-0.15, -0.1) is 0 Å². The summed E-state index contributed by atoms with van der Waals surface area (Å²) in [5.41, 5.74) is 1.87. The molecule has 2 N–H and O–H groups in total. The molecule has 1 aromatic carbocycles. The van der Waals surface area contributed by atoms with Crippen LogP contribution in [0.5, 0.6) is 0 Å². The first kappa shape index (κ1) is 20.9. The zero-order valence-corrected chi connectivity index (χ0v) is 16.9. The van der Waals surface area contributed by atoms with Gasteiger partial charge >= 0.3 is 5.97 Å². The van der Waals surface area contributed by atoms with Gasteiger partial charge in [0.15, 0.2) is 6.61 Å². The molecule has 2 aromatic rings. The second-order valence-electron chi connectivity index (χ2n) is 7.57. The third-order valence-electron chi connectivity index (χ3n) is 5.31. The Labute approximate surface area is 170 Å². The molecule has 29 heavy (non-hydrogen) atoms. The Bertz CT molecular complexity index is 853. The Hall–Kier alpha value is -2.83. The third kappa shape index (κ3) is 5.82. The Kier molecular flexibility index (Phi) is 7.27. The van der Waals surface area contributed by atoms with Crippen molar-refractivity contribution < 1.29 is 19.1 Å². The van der Waals surface area contributed by atoms with Crippen molar-refractivity contribution in [2.24, 2.45) is 0 Å². The van der Waals surface area contributed by atoms with E-state index in [2.05, 4.69) is 10.3 Å². The number of H-pyrrole nitrogens is 1. The number of fused-ring (bicyclic) bond motifs is 1. The number of rotatable bonds is 6. The minimum absolute atomic E-state index is 0.172. The molecule has 0 spiro atoms. The number of likely N-dealkylation sites (tertiary alicyclic amines) is 1. The summed E-state index contributed by atoms with van der Waals surface area (Å²) < 4.78 is 5.30. The summed E-state index contributed by atoms with van der Waals surface area (Å²) in [6.07, 6.45) is 7.54. The van der Waals surface area contributed by atoms with E-state index in [9.17, 15) is 14.4 Å². The Balaban J connectivity index is 1.61. The van der Waals surface area contributed by atoms with Gasteiger partial charge in [0.05, 0.1) is 0 Å². The number of carbonyl (C=O) groups is 3. The molecule has 1 aliphatic heterocycles. The molecule has 2 heterocycles. The summed E-state index contributed by atoms with van der Waals surface area (Å²) in [7, 11) is 0. The zero-order chi connectivity index (χ0) is 20.6. The number of para-hydroxylation sites is 1. The van der Waals surface area contributed by atoms with Crippen molar-refractivity contribution >= 4 is 28.7 Å². The van der Waals surface area contributed by atoms with Crippen molar-refractivity contribution in [3.63, 3.8) is 0 Å². The van der Waals surface area contributed by atoms with E-state index in [-0.39, 0.29) is 18.4 Å². The van der Waals surface area contributed by atoms with Gasteiger partial charge < -0.3 is 19.9 Å². The number of nitrogens with one attached hydrogen (secondary N) is 2. The fourth-order valence-corrected chi connectivity index (χ4v) is 3.78. The molecule has 0 aliphatic carbocycles. The summed E-state index contributed by atoms with van der Waals surface area (Å²) in [4.78, 5) is 41.6. The van der Waals surface area contributed by atoms with E-state index in [4.69, 9.17) is 4.74 Å². The summed E-state index contributed by atoms with van der Waals surface area (Å²) in [6.45, 7) is 2.49. The van der Waals surface area contributed by atoms with Crippen molar-refractivity contribution in [1.29, 1.82) is 0 Å². The first-order valence-electron chi connectivity index (χ1n) is 10.3. The van der Waals surface area contributed by atoms with Gasteiger partial charge in [-0.2, -0.15) is 0 Å². The molecule has 1 atom stereocenters. The second kappa shape index (κ2) is 10.1. The van der Waals surface area contributed by atoms with E-state index >= 15 is 0 Å². The number of aromatic amines is 1. The molecule has 0 unspecified atom stereocenters. The van der Waals surface area contributed by atoms with Crippen molar-refractivity contribution in [3.8, 4) is 0 Å². The normalized spacial score (nSPS) is 16.0. The highest BCUT2D eigenvalue weighted by Crippen LogP contribution is 2.19. The molecule has 0 radical (unpaired) electrons. The lowest BCUT2D eigenvalue weighted by Crippen LogP contribution is -2.44. The molecular weight excluding hydrogens is 370 g/mol. The molecule has 1 fully saturated rings. The van der Waals surface area contributed by atoms with Crippen LogP contribution in [0.15, 0.2) is 30.5 Å². The fourth-order valence-electron chi connectivity index (χ4n) is 3.78. The van der Waals surface area contributed by atoms with E-state index in [1.807, 2.05) is 30.5 Å². The van der Waals surface area contributed by atoms with Crippen LogP contribution in [0.4, 0.5) is 0 Å². The average Bonchev–Trinajstić information content (AvgIpc) is 3.08. The standard InChI is InChI=1S/C22H29N3O4/c1-16(26)24-20(13-17-14-23-19-10-6-5-9-18(17)19)22(28)29-15-21(27)25-11-7-3-2-4-8-12-25/h5-6,9-10,14,20,23H,2-4,7-8,11-13,15H2,1H3,(H,24,26)/t20-/m0/s1. The largest absolute Gasteiger partial charge is 0.454 e. The van der Waals surface area contributed by atoms with Crippen LogP contribution in [-0.2, 0) is 25.5 Å². The van der Waals surface area contributed by atoms with E-state index in [0.717, 1.165) is 42.1 Å². The molecule has 1 aliphatic rings. The first-order valence-corrected chi connectivity index (χ1v) is 10.3. The number of aromatic nitrogens is 1. The SMILES string of the molecule is CC(=O)N[C@@H](Cc1c[nH]c2ccccc12)C(=O)OCC(=O)N1CCCCCCC1. The van der Waals surface area contributed by atoms with Crippen molar-refractivity contribution in [2.45, 2.75) is 51.5 Å². The van der Waals surface area contributed by atoms with Crippen LogP contribution in [0.25, 0.3) is 10.9 Å². The summed E-state index contributed by atoms with van der Waals surface area (Å²) >= 11 is 0. The van der Waals surface area contributed by atoms with Crippen LogP contribution < -0.4 is 5.32 Å². The second-order valence-corrected chi connectivity index (χ2v) is 7.57. The van der Waals surface area contributed by atoms with Gasteiger partial charge in [-0.05, 0) is 24.5 Å². The Morgan fingerprint density at radius 3 is 2.52 bits per heavy atom. The van der Waals surface area contributed by atoms with Crippen LogP contribution in [0, 0.1) is 0 Å². The smallest absolute Gasteiger partial charge is 0.329 e. The molecule has 1 saturated heterocycles. The quantitative estimate of drug-likeness (QED) is 0.731. The Morgan fingerprint density at radius 1 is 1.10 bits per heavy atom. The lowest BCUT2D eigenvalue weighted by molar-refractivity contribution is -0.154. The van der Waals surface area contributed by atoms with Gasteiger partial charge in [-0.1, -0.05) is 37.5 Å². The number of benzene rings is 1. The monoisotopic (exact) mass is 399 g/mol. The molecule has 3 rings (SSSR count). The molecule has 7 nitrogen and oxygen atoms in total. The van der Waals surface area contributed by atoms with Crippen molar-refractivity contribution in [2.75, 3.05) is 19.7 Å². The van der Waals surface area contributed by atoms with Crippen LogP contribution in [-0.4, -0.2) is 53.4 Å². The molecular formula is C22H29N3O4. The van der Waals surface area contributed by atoms with Gasteiger partial charge in [0.1, 0.15) is 6.04 Å². The molecule has 156 valence electrons. The number of hydrogen-bond donors (Lipinski definition) is 2. The summed E-state index contributed by atoms with van der Waals surface area (Å²) in [5.74, 6) is -1.08. The van der Waals surface area contributed by atoms with Gasteiger partial charge in [0, 0.05) is 43.5 Å². The van der Waals surface area contributed by atoms with E-state index < -0.39 is 12.0 Å². The maximum Gasteiger partial charge on any atom is 0.329 e. The van der Waals surface area contributed by atoms with Gasteiger partial charge in [-0.3, -0.25) is 9.59 Å². The number of esters is 1. The first-order chi connectivity index (χ1) is 14.0. The number of amides is 2. The molecule has 1 aromatic heterocycles. The van der Waals surface area contributed by atoms with E-state index in [0.29, 0.717) is 19.5 Å². The molecule has 0 saturated carbocycles. The average molecular weight is 399 g/mol. The van der Waals surface area contributed by atoms with Crippen molar-refractivity contribution in [3.05, 3.63) is 36.0 Å².